The first-order valence-electron chi connectivity index (χ1n) is 6.51. The highest BCUT2D eigenvalue weighted by Crippen LogP contribution is 2.38. The van der Waals surface area contributed by atoms with Gasteiger partial charge in [0.2, 0.25) is 0 Å². The Balaban J connectivity index is 0.000000379. The molecule has 1 aromatic carbocycles. The fourth-order valence-electron chi connectivity index (χ4n) is 2.22. The van der Waals surface area contributed by atoms with Crippen LogP contribution in [0, 0.1) is 5.92 Å². The van der Waals surface area contributed by atoms with Crippen molar-refractivity contribution in [2.45, 2.75) is 12.5 Å². The van der Waals surface area contributed by atoms with E-state index in [1.165, 1.54) is 7.11 Å². The van der Waals surface area contributed by atoms with E-state index < -0.39 is 11.9 Å². The molecule has 0 aromatic heterocycles. The van der Waals surface area contributed by atoms with Gasteiger partial charge in [-0.2, -0.15) is 0 Å². The highest BCUT2D eigenvalue weighted by Gasteiger charge is 2.36. The van der Waals surface area contributed by atoms with E-state index in [9.17, 15) is 4.79 Å². The molecule has 1 heterocycles. The normalized spacial score (nSPS) is 19.4. The van der Waals surface area contributed by atoms with E-state index in [2.05, 4.69) is 5.32 Å². The molecule has 1 aliphatic heterocycles. The smallest absolute Gasteiger partial charge is 0.414 e. The third-order valence-corrected chi connectivity index (χ3v) is 3.88. The second kappa shape index (κ2) is 8.71. The van der Waals surface area contributed by atoms with Crippen molar-refractivity contribution in [1.82, 2.24) is 5.32 Å². The Bertz CT molecular complexity index is 575. The minimum atomic E-state index is -1.82. The number of carboxylic acid groups (broad SMARTS) is 2. The first kappa shape index (κ1) is 19.2. The lowest BCUT2D eigenvalue weighted by atomic mass is 9.94. The van der Waals surface area contributed by atoms with Crippen LogP contribution < -0.4 is 5.32 Å². The molecule has 126 valence electrons. The molecular weight excluding hydrogens is 349 g/mol. The van der Waals surface area contributed by atoms with Crippen LogP contribution in [0.1, 0.15) is 18.0 Å². The van der Waals surface area contributed by atoms with Crippen LogP contribution in [-0.4, -0.2) is 41.8 Å². The lowest BCUT2D eigenvalue weighted by Gasteiger charge is -2.20. The minimum Gasteiger partial charge on any atom is -0.473 e. The number of carboxylic acids is 2. The van der Waals surface area contributed by atoms with Crippen LogP contribution in [0.5, 0.6) is 0 Å². The Morgan fingerprint density at radius 1 is 1.17 bits per heavy atom. The van der Waals surface area contributed by atoms with E-state index in [0.29, 0.717) is 10.0 Å². The summed E-state index contributed by atoms with van der Waals surface area (Å²) in [7, 11) is 1.39. The molecule has 1 aromatic rings. The summed E-state index contributed by atoms with van der Waals surface area (Å²) in [5, 5.41) is 19.2. The van der Waals surface area contributed by atoms with E-state index >= 15 is 0 Å². The molecule has 0 spiro atoms. The lowest BCUT2D eigenvalue weighted by Crippen LogP contribution is -2.25. The number of carbonyl (C=O) groups excluding carboxylic acids is 1. The third kappa shape index (κ3) is 5.09. The van der Waals surface area contributed by atoms with Crippen molar-refractivity contribution in [3.05, 3.63) is 33.8 Å². The largest absolute Gasteiger partial charge is 0.473 e. The topological polar surface area (TPSA) is 113 Å². The first-order chi connectivity index (χ1) is 10.8. The first-order valence-corrected chi connectivity index (χ1v) is 7.26. The Hall–Kier alpha value is -1.83. The molecule has 1 unspecified atom stereocenters. The second-order valence-electron chi connectivity index (χ2n) is 4.60. The van der Waals surface area contributed by atoms with Gasteiger partial charge in [-0.15, -0.1) is 0 Å². The molecule has 7 nitrogen and oxygen atoms in total. The highest BCUT2D eigenvalue weighted by atomic mass is 35.5. The quantitative estimate of drug-likeness (QED) is 0.543. The zero-order chi connectivity index (χ0) is 17.6. The molecule has 9 heteroatoms. The van der Waals surface area contributed by atoms with Gasteiger partial charge in [-0.05, 0) is 25.1 Å². The summed E-state index contributed by atoms with van der Waals surface area (Å²) in [4.78, 5) is 29.9. The molecule has 23 heavy (non-hydrogen) atoms. The second-order valence-corrected chi connectivity index (χ2v) is 5.41. The molecule has 0 saturated carbocycles. The van der Waals surface area contributed by atoms with Gasteiger partial charge in [0.05, 0.1) is 13.0 Å². The zero-order valence-electron chi connectivity index (χ0n) is 12.1. The number of esters is 1. The minimum absolute atomic E-state index is 0.163. The van der Waals surface area contributed by atoms with Gasteiger partial charge in [0.15, 0.2) is 0 Å². The Labute approximate surface area is 142 Å². The van der Waals surface area contributed by atoms with Gasteiger partial charge in [-0.1, -0.05) is 29.3 Å². The van der Waals surface area contributed by atoms with Crippen LogP contribution >= 0.6 is 23.2 Å². The van der Waals surface area contributed by atoms with Gasteiger partial charge in [0.1, 0.15) is 0 Å². The van der Waals surface area contributed by atoms with Crippen molar-refractivity contribution in [3.8, 4) is 0 Å². The predicted octanol–water partition coefficient (Wildman–Crippen LogP) is 1.97. The Morgan fingerprint density at radius 2 is 1.70 bits per heavy atom. The maximum Gasteiger partial charge on any atom is 0.414 e. The van der Waals surface area contributed by atoms with Gasteiger partial charge in [0, 0.05) is 21.7 Å². The van der Waals surface area contributed by atoms with Crippen LogP contribution in [0.25, 0.3) is 0 Å². The number of rotatable bonds is 2. The maximum absolute atomic E-state index is 11.7. The summed E-state index contributed by atoms with van der Waals surface area (Å²) in [5.41, 5.74) is 0.781. The van der Waals surface area contributed by atoms with Crippen LogP contribution in [-0.2, 0) is 19.1 Å². The van der Waals surface area contributed by atoms with Crippen molar-refractivity contribution >= 4 is 41.1 Å². The van der Waals surface area contributed by atoms with E-state index in [-0.39, 0.29) is 17.9 Å². The molecule has 1 fully saturated rings. The molecular formula is C14H15Cl2NO6. The summed E-state index contributed by atoms with van der Waals surface area (Å²) in [6, 6.07) is 5.17. The van der Waals surface area contributed by atoms with Crippen LogP contribution in [0.3, 0.4) is 0 Å². The molecule has 3 N–H and O–H groups in total. The number of nitrogens with one attached hydrogen (secondary N) is 1. The Morgan fingerprint density at radius 3 is 2.13 bits per heavy atom. The number of hydrogen-bond acceptors (Lipinski definition) is 5. The zero-order valence-corrected chi connectivity index (χ0v) is 13.6. The van der Waals surface area contributed by atoms with E-state index in [1.54, 1.807) is 18.2 Å². The average Bonchev–Trinajstić information content (AvgIpc) is 2.96. The summed E-state index contributed by atoms with van der Waals surface area (Å²) in [6.45, 7) is 0.756. The van der Waals surface area contributed by atoms with E-state index in [4.69, 9.17) is 47.7 Å². The van der Waals surface area contributed by atoms with E-state index in [1.807, 2.05) is 0 Å². The molecule has 0 radical (unpaired) electrons. The number of carbonyl (C=O) groups is 3. The summed E-state index contributed by atoms with van der Waals surface area (Å²) in [5.74, 6) is -4.10. The SMILES string of the molecule is COC(=O)[C@@H]1CCNC1c1c(Cl)cccc1Cl.O=C(O)C(=O)O. The van der Waals surface area contributed by atoms with E-state index in [0.717, 1.165) is 18.5 Å². The monoisotopic (exact) mass is 363 g/mol. The van der Waals surface area contributed by atoms with Gasteiger partial charge >= 0.3 is 17.9 Å². The molecule has 0 aliphatic carbocycles. The number of halogens is 2. The Kier molecular flexibility index (Phi) is 7.28. The summed E-state index contributed by atoms with van der Waals surface area (Å²) >= 11 is 12.3. The maximum atomic E-state index is 11.7. The van der Waals surface area contributed by atoms with Crippen molar-refractivity contribution in [2.75, 3.05) is 13.7 Å². The third-order valence-electron chi connectivity index (χ3n) is 3.22. The van der Waals surface area contributed by atoms with Crippen molar-refractivity contribution in [3.63, 3.8) is 0 Å². The van der Waals surface area contributed by atoms with Crippen molar-refractivity contribution in [2.24, 2.45) is 5.92 Å². The van der Waals surface area contributed by atoms with Crippen LogP contribution in [0.15, 0.2) is 18.2 Å². The molecule has 1 aliphatic rings. The number of ether oxygens (including phenoxy) is 1. The summed E-state index contributed by atoms with van der Waals surface area (Å²) in [6.07, 6.45) is 0.735. The van der Waals surface area contributed by atoms with Gasteiger partial charge in [-0.3, -0.25) is 4.79 Å². The number of aliphatic carboxylic acids is 2. The van der Waals surface area contributed by atoms with Gasteiger partial charge < -0.3 is 20.3 Å². The predicted molar refractivity (Wildman–Crippen MR) is 82.6 cm³/mol. The van der Waals surface area contributed by atoms with Gasteiger partial charge in [0.25, 0.3) is 0 Å². The van der Waals surface area contributed by atoms with Crippen LogP contribution in [0.2, 0.25) is 10.0 Å². The number of hydrogen-bond donors (Lipinski definition) is 3. The van der Waals surface area contributed by atoms with Crippen molar-refractivity contribution in [1.29, 1.82) is 0 Å². The molecule has 1 saturated heterocycles. The average molecular weight is 364 g/mol. The number of methoxy groups -OCH3 is 1. The molecule has 2 atom stereocenters. The molecule has 0 amide bonds. The number of benzene rings is 1. The van der Waals surface area contributed by atoms with Crippen LogP contribution in [0.4, 0.5) is 0 Å². The molecule has 0 bridgehead atoms. The fraction of sp³-hybridized carbons (Fsp3) is 0.357. The van der Waals surface area contributed by atoms with Crippen molar-refractivity contribution < 1.29 is 29.3 Å². The molecule has 2 rings (SSSR count). The van der Waals surface area contributed by atoms with Gasteiger partial charge in [-0.25, -0.2) is 9.59 Å². The standard InChI is InChI=1S/C12H13Cl2NO2.C2H2O4/c1-17-12(16)7-5-6-15-11(7)10-8(13)3-2-4-9(10)14;3-1(4)2(5)6/h2-4,7,11,15H,5-6H2,1H3;(H,3,4)(H,5,6)/t7-,11?;/m1./s1. The summed E-state index contributed by atoms with van der Waals surface area (Å²) < 4.78 is 4.80. The highest BCUT2D eigenvalue weighted by molar-refractivity contribution is 6.36. The lowest BCUT2D eigenvalue weighted by molar-refractivity contribution is -0.159. The fourth-order valence-corrected chi connectivity index (χ4v) is 2.85.